The molecule has 14 N–H and O–H groups in total. The van der Waals surface area contributed by atoms with Crippen LogP contribution in [-0.4, -0.2) is 215 Å². The number of hydrogen-bond donors (Lipinski definition) is 14. The number of carboxylic acids is 1. The van der Waals surface area contributed by atoms with E-state index in [1.165, 1.54) is 167 Å². The number of carboxylic acid groups (broad SMARTS) is 1. The molecule has 23 nitrogen and oxygen atoms in total. The van der Waals surface area contributed by atoms with Crippen LogP contribution in [-0.2, 0) is 42.8 Å². The average Bonchev–Trinajstić information content (AvgIpc) is 0.821. The second-order valence-corrected chi connectivity index (χ2v) is 25.8. The number of allylic oxidation sites excluding steroid dienone is 1. The Hall–Kier alpha value is -2.53. The Bertz CT molecular complexity index is 1870. The Morgan fingerprint density at radius 3 is 1.48 bits per heavy atom. The number of amides is 2. The summed E-state index contributed by atoms with van der Waals surface area (Å²) in [4.78, 5) is 38.5. The van der Waals surface area contributed by atoms with Gasteiger partial charge in [0.1, 0.15) is 67.1 Å². The average molecular weight is 1290 g/mol. The van der Waals surface area contributed by atoms with Crippen LogP contribution >= 0.6 is 0 Å². The molecule has 90 heavy (non-hydrogen) atoms. The van der Waals surface area contributed by atoms with Crippen molar-refractivity contribution in [3.8, 4) is 0 Å². The molecule has 2 amide bonds. The Morgan fingerprint density at radius 1 is 0.578 bits per heavy atom. The summed E-state index contributed by atoms with van der Waals surface area (Å²) in [6, 6.07) is -2.61. The second kappa shape index (κ2) is 48.2. The minimum atomic E-state index is -3.08. The van der Waals surface area contributed by atoms with Gasteiger partial charge in [0.2, 0.25) is 11.8 Å². The number of aliphatic hydroxyl groups is 11. The predicted molar refractivity (Wildman–Crippen MR) is 338 cm³/mol. The number of nitrogens with one attached hydrogen (secondary N) is 2. The summed E-state index contributed by atoms with van der Waals surface area (Å²) < 4.78 is 34.8. The van der Waals surface area contributed by atoms with Crippen molar-refractivity contribution in [3.05, 3.63) is 12.2 Å². The van der Waals surface area contributed by atoms with Crippen molar-refractivity contribution < 1.29 is 104 Å². The second-order valence-electron chi connectivity index (χ2n) is 25.8. The first-order chi connectivity index (χ1) is 43.4. The summed E-state index contributed by atoms with van der Waals surface area (Å²) >= 11 is 0. The number of unbranched alkanes of at least 4 members (excludes halogenated alkanes) is 33. The summed E-state index contributed by atoms with van der Waals surface area (Å²) in [7, 11) is 0. The van der Waals surface area contributed by atoms with Crippen molar-refractivity contribution in [3.63, 3.8) is 0 Å². The molecule has 0 saturated carbocycles. The zero-order valence-electron chi connectivity index (χ0n) is 55.0. The molecule has 3 saturated heterocycles. The molecule has 3 aliphatic heterocycles. The Kier molecular flexibility index (Phi) is 43.8. The highest BCUT2D eigenvalue weighted by Gasteiger charge is 2.60. The predicted octanol–water partition coefficient (Wildman–Crippen LogP) is 6.29. The van der Waals surface area contributed by atoms with E-state index in [1.807, 2.05) is 6.08 Å². The fourth-order valence-corrected chi connectivity index (χ4v) is 12.4. The van der Waals surface area contributed by atoms with Crippen LogP contribution in [0.1, 0.15) is 258 Å². The van der Waals surface area contributed by atoms with E-state index in [1.54, 1.807) is 6.08 Å². The van der Waals surface area contributed by atoms with Gasteiger partial charge in [-0.25, -0.2) is 4.79 Å². The number of ether oxygens (including phenoxy) is 6. The van der Waals surface area contributed by atoms with Gasteiger partial charge in [0.25, 0.3) is 5.79 Å². The summed E-state index contributed by atoms with van der Waals surface area (Å²) in [6.07, 6.45) is 16.9. The topological polar surface area (TPSA) is 373 Å². The number of hydrogen-bond acceptors (Lipinski definition) is 20. The largest absolute Gasteiger partial charge is 0.477 e. The van der Waals surface area contributed by atoms with E-state index >= 15 is 0 Å². The van der Waals surface area contributed by atoms with Gasteiger partial charge in [-0.05, 0) is 19.3 Å². The maximum Gasteiger partial charge on any atom is 0.364 e. The third-order valence-corrected chi connectivity index (χ3v) is 18.0. The third kappa shape index (κ3) is 30.5. The number of aliphatic carboxylic acids is 1. The van der Waals surface area contributed by atoms with E-state index in [-0.39, 0.29) is 12.3 Å². The molecule has 0 spiro atoms. The minimum absolute atomic E-state index is 0.205. The Morgan fingerprint density at radius 2 is 1.03 bits per heavy atom. The van der Waals surface area contributed by atoms with Crippen LogP contribution in [0.3, 0.4) is 0 Å². The highest BCUT2D eigenvalue weighted by Crippen LogP contribution is 2.39. The zero-order valence-corrected chi connectivity index (χ0v) is 55.0. The Balaban J connectivity index is 1.57. The summed E-state index contributed by atoms with van der Waals surface area (Å²) in [6.45, 7) is 2.14. The maximum absolute atomic E-state index is 13.4. The monoisotopic (exact) mass is 1290 g/mol. The minimum Gasteiger partial charge on any atom is -0.477 e. The molecule has 18 unspecified atom stereocenters. The highest BCUT2D eigenvalue weighted by molar-refractivity contribution is 5.77. The number of aliphatic hydroxyl groups excluding tert-OH is 11. The maximum atomic E-state index is 13.4. The first-order valence-electron chi connectivity index (χ1n) is 35.1. The molecule has 0 aromatic carbocycles. The van der Waals surface area contributed by atoms with Crippen LogP contribution in [0.5, 0.6) is 0 Å². The molecule has 0 bridgehead atoms. The van der Waals surface area contributed by atoms with Gasteiger partial charge in [0.05, 0.1) is 50.7 Å². The van der Waals surface area contributed by atoms with Gasteiger partial charge in [-0.1, -0.05) is 231 Å². The van der Waals surface area contributed by atoms with Gasteiger partial charge in [-0.15, -0.1) is 0 Å². The summed E-state index contributed by atoms with van der Waals surface area (Å²) in [5.41, 5.74) is 0. The lowest BCUT2D eigenvalue weighted by Gasteiger charge is -2.50. The first kappa shape index (κ1) is 81.7. The van der Waals surface area contributed by atoms with Gasteiger partial charge in [0, 0.05) is 19.8 Å². The molecule has 0 radical (unpaired) electrons. The highest BCUT2D eigenvalue weighted by atomic mass is 16.8. The molecule has 3 heterocycles. The fraction of sp³-hybridized carbons (Fsp3) is 0.925. The van der Waals surface area contributed by atoms with E-state index < -0.39 is 155 Å². The van der Waals surface area contributed by atoms with Crippen LogP contribution < -0.4 is 10.6 Å². The molecular formula is C67H124N2O21. The molecule has 528 valence electrons. The normalized spacial score (nSPS) is 28.6. The van der Waals surface area contributed by atoms with Crippen molar-refractivity contribution in [1.82, 2.24) is 10.6 Å². The first-order valence-corrected chi connectivity index (χ1v) is 35.1. The quantitative estimate of drug-likeness (QED) is 0.0235. The van der Waals surface area contributed by atoms with Crippen molar-refractivity contribution in [2.45, 2.75) is 368 Å². The number of carbonyl (C=O) groups excluding carboxylic acids is 2. The molecule has 3 rings (SSSR count). The van der Waals surface area contributed by atoms with Gasteiger partial charge in [-0.2, -0.15) is 0 Å². The Labute approximate surface area is 537 Å². The summed E-state index contributed by atoms with van der Waals surface area (Å²) in [5.74, 6) is -6.14. The molecule has 0 aliphatic carbocycles. The molecule has 0 aromatic rings. The van der Waals surface area contributed by atoms with E-state index in [4.69, 9.17) is 28.4 Å². The van der Waals surface area contributed by atoms with Crippen molar-refractivity contribution in [2.24, 2.45) is 0 Å². The van der Waals surface area contributed by atoms with Crippen molar-refractivity contribution in [1.29, 1.82) is 0 Å². The smallest absolute Gasteiger partial charge is 0.364 e. The van der Waals surface area contributed by atoms with E-state index in [2.05, 4.69) is 24.5 Å². The van der Waals surface area contributed by atoms with Crippen LogP contribution in [0.4, 0.5) is 0 Å². The summed E-state index contributed by atoms with van der Waals surface area (Å²) in [5, 5.41) is 136. The van der Waals surface area contributed by atoms with E-state index in [9.17, 15) is 75.7 Å². The van der Waals surface area contributed by atoms with Crippen molar-refractivity contribution in [2.75, 3.05) is 26.4 Å². The van der Waals surface area contributed by atoms with E-state index in [0.29, 0.717) is 12.8 Å². The molecule has 3 fully saturated rings. The van der Waals surface area contributed by atoms with Crippen LogP contribution in [0.15, 0.2) is 12.2 Å². The molecule has 23 heteroatoms. The molecular weight excluding hydrogens is 1170 g/mol. The fourth-order valence-electron chi connectivity index (χ4n) is 12.4. The molecule has 3 aliphatic rings. The van der Waals surface area contributed by atoms with Crippen molar-refractivity contribution >= 4 is 17.8 Å². The lowest BCUT2D eigenvalue weighted by atomic mass is 9.88. The molecule has 0 aromatic heterocycles. The SMILES string of the molecule is CCCCCCCCCCCCCC=CC(O)C(COC1OC(CO)C(OC2OC(CO)C(O)C(OC3(C(=O)O)CC(O)C(NC(C)=O)C(C(O)C(O)CO)O3)C2O)C(O)C1O)NC(=O)CCCCCCCCCCCCCCCCCCCCCCCCC. The lowest BCUT2D eigenvalue weighted by molar-refractivity contribution is -0.386. The lowest BCUT2D eigenvalue weighted by Crippen LogP contribution is -2.70. The van der Waals surface area contributed by atoms with Crippen LogP contribution in [0.2, 0.25) is 0 Å². The number of rotatable bonds is 53. The molecule has 18 atom stereocenters. The number of carbonyl (C=O) groups is 3. The standard InChI is InChI=1S/C67H124N2O21/c1-4-6-8-10-12-14-16-18-19-20-21-22-23-24-25-26-27-29-31-33-35-37-39-41-54(77)69-48(49(74)40-38-36-34-32-30-28-17-15-13-11-9-7-5-2)46-85-64-59(81)58(80)61(53(45-72)87-64)88-65-60(82)63(57(79)52(44-71)86-65)90-67(66(83)84)42-50(75)55(68-47(3)73)62(89-67)56(78)51(76)43-70/h38,40,48-53,55-65,70-72,74-76,78-82H,4-37,39,41-46H2,1-3H3,(H,68,73)(H,69,77)(H,83,84). The van der Waals surface area contributed by atoms with Gasteiger partial charge < -0.3 is 100 Å². The van der Waals surface area contributed by atoms with Crippen LogP contribution in [0.25, 0.3) is 0 Å². The van der Waals surface area contributed by atoms with Gasteiger partial charge in [0.15, 0.2) is 12.6 Å². The van der Waals surface area contributed by atoms with Gasteiger partial charge in [-0.3, -0.25) is 9.59 Å². The van der Waals surface area contributed by atoms with Crippen LogP contribution in [0, 0.1) is 0 Å². The van der Waals surface area contributed by atoms with E-state index in [0.717, 1.165) is 51.9 Å². The van der Waals surface area contributed by atoms with Gasteiger partial charge >= 0.3 is 5.97 Å². The zero-order chi connectivity index (χ0) is 66.1. The third-order valence-electron chi connectivity index (χ3n) is 18.0.